The molecule has 5 nitrogen and oxygen atoms in total. The minimum Gasteiger partial charge on any atom is -0.349 e. The number of rotatable bonds is 8. The van der Waals surface area contributed by atoms with Crippen LogP contribution in [-0.4, -0.2) is 26.4 Å². The molecule has 1 aromatic carbocycles. The predicted octanol–water partition coefficient (Wildman–Crippen LogP) is 4.69. The monoisotopic (exact) mass is 400 g/mol. The number of aryl methyl sites for hydroxylation is 1. The van der Waals surface area contributed by atoms with Gasteiger partial charge in [0.05, 0.1) is 16.7 Å². The van der Waals surface area contributed by atoms with Crippen LogP contribution in [0.5, 0.6) is 0 Å². The van der Waals surface area contributed by atoms with Crippen molar-refractivity contribution in [2.75, 3.05) is 5.75 Å². The molecule has 0 radical (unpaired) electrons. The minimum absolute atomic E-state index is 0.00996. The lowest BCUT2D eigenvalue weighted by Gasteiger charge is -2.17. The Morgan fingerprint density at radius 3 is 2.63 bits per heavy atom. The molecule has 3 rings (SSSR count). The second-order valence-corrected chi connectivity index (χ2v) is 8.15. The summed E-state index contributed by atoms with van der Waals surface area (Å²) in [6.07, 6.45) is 0.854. The molecule has 0 fully saturated rings. The second-order valence-electron chi connectivity index (χ2n) is 6.26. The van der Waals surface area contributed by atoms with Gasteiger partial charge >= 0.3 is 0 Å². The topological polar surface area (TPSA) is 59.8 Å². The fraction of sp³-hybridized carbons (Fsp3) is 0.350. The van der Waals surface area contributed by atoms with Gasteiger partial charge in [-0.25, -0.2) is 0 Å². The molecule has 2 heterocycles. The van der Waals surface area contributed by atoms with E-state index < -0.39 is 0 Å². The fourth-order valence-corrected chi connectivity index (χ4v) is 4.39. The maximum atomic E-state index is 12.5. The highest BCUT2D eigenvalue weighted by Crippen LogP contribution is 2.27. The smallest absolute Gasteiger partial charge is 0.230 e. The molecule has 3 aromatic rings. The number of nitrogens with zero attached hydrogens (tertiary/aromatic N) is 3. The molecule has 0 bridgehead atoms. The Morgan fingerprint density at radius 1 is 1.22 bits per heavy atom. The Labute approximate surface area is 168 Å². The molecular weight excluding hydrogens is 376 g/mol. The van der Waals surface area contributed by atoms with Crippen molar-refractivity contribution in [3.63, 3.8) is 0 Å². The molecule has 1 unspecified atom stereocenters. The summed E-state index contributed by atoms with van der Waals surface area (Å²) in [5.41, 5.74) is 2.36. The number of carbonyl (C=O) groups is 1. The van der Waals surface area contributed by atoms with Crippen LogP contribution >= 0.6 is 23.1 Å². The van der Waals surface area contributed by atoms with Crippen LogP contribution in [-0.2, 0) is 11.3 Å². The summed E-state index contributed by atoms with van der Waals surface area (Å²) < 4.78 is 2.06. The third kappa shape index (κ3) is 4.78. The lowest BCUT2D eigenvalue weighted by molar-refractivity contribution is -0.119. The van der Waals surface area contributed by atoms with Gasteiger partial charge in [-0.1, -0.05) is 54.6 Å². The van der Waals surface area contributed by atoms with Crippen molar-refractivity contribution < 1.29 is 4.79 Å². The van der Waals surface area contributed by atoms with Gasteiger partial charge in [-0.2, -0.15) is 0 Å². The number of thiophene rings is 1. The van der Waals surface area contributed by atoms with Crippen molar-refractivity contribution in [2.24, 2.45) is 0 Å². The van der Waals surface area contributed by atoms with Gasteiger partial charge in [-0.3, -0.25) is 4.79 Å². The van der Waals surface area contributed by atoms with Crippen LogP contribution in [0.25, 0.3) is 10.7 Å². The summed E-state index contributed by atoms with van der Waals surface area (Å²) in [5.74, 6) is 1.20. The van der Waals surface area contributed by atoms with E-state index in [2.05, 4.69) is 65.1 Å². The van der Waals surface area contributed by atoms with E-state index in [1.54, 1.807) is 11.3 Å². The standard InChI is InChI=1S/C20H24N4OS2/c1-4-16(15-10-8-14(3)9-11-15)21-18(25)13-27-20-23-22-19(24(20)5-2)17-7-6-12-26-17/h6-12,16H,4-5,13H2,1-3H3,(H,21,25). The normalized spacial score (nSPS) is 12.1. The fourth-order valence-electron chi connectivity index (χ4n) is 2.85. The first-order chi connectivity index (χ1) is 13.1. The molecule has 0 aliphatic carbocycles. The van der Waals surface area contributed by atoms with E-state index in [4.69, 9.17) is 0 Å². The number of benzene rings is 1. The Bertz CT molecular complexity index is 872. The van der Waals surface area contributed by atoms with E-state index in [9.17, 15) is 4.79 Å². The van der Waals surface area contributed by atoms with Crippen molar-refractivity contribution in [2.45, 2.75) is 44.9 Å². The third-order valence-corrected chi connectivity index (χ3v) is 6.16. The molecule has 0 saturated carbocycles. The number of hydrogen-bond acceptors (Lipinski definition) is 5. The summed E-state index contributed by atoms with van der Waals surface area (Å²) in [6, 6.07) is 12.4. The molecule has 27 heavy (non-hydrogen) atoms. The zero-order valence-electron chi connectivity index (χ0n) is 15.8. The van der Waals surface area contributed by atoms with Gasteiger partial charge in [-0.05, 0) is 37.3 Å². The first-order valence-corrected chi connectivity index (χ1v) is 10.9. The SMILES string of the molecule is CCC(NC(=O)CSc1nnc(-c2cccs2)n1CC)c1ccc(C)cc1. The average Bonchev–Trinajstić information content (AvgIpc) is 3.34. The number of hydrogen-bond donors (Lipinski definition) is 1. The molecule has 7 heteroatoms. The zero-order chi connectivity index (χ0) is 19.2. The maximum Gasteiger partial charge on any atom is 0.230 e. The minimum atomic E-state index is 0.00996. The van der Waals surface area contributed by atoms with Gasteiger partial charge in [0.25, 0.3) is 0 Å². The van der Waals surface area contributed by atoms with Crippen LogP contribution in [0.3, 0.4) is 0 Å². The molecule has 142 valence electrons. The van der Waals surface area contributed by atoms with Crippen LogP contribution in [0, 0.1) is 6.92 Å². The van der Waals surface area contributed by atoms with Crippen molar-refractivity contribution in [1.82, 2.24) is 20.1 Å². The molecular formula is C20H24N4OS2. The number of aromatic nitrogens is 3. The highest BCUT2D eigenvalue weighted by atomic mass is 32.2. The van der Waals surface area contributed by atoms with E-state index in [1.807, 2.05) is 17.5 Å². The van der Waals surface area contributed by atoms with E-state index in [0.717, 1.165) is 34.4 Å². The lowest BCUT2D eigenvalue weighted by atomic mass is 10.0. The maximum absolute atomic E-state index is 12.5. The number of carbonyl (C=O) groups excluding carboxylic acids is 1. The largest absolute Gasteiger partial charge is 0.349 e. The van der Waals surface area contributed by atoms with Crippen LogP contribution < -0.4 is 5.32 Å². The number of thioether (sulfide) groups is 1. The van der Waals surface area contributed by atoms with Crippen LogP contribution in [0.15, 0.2) is 46.9 Å². The van der Waals surface area contributed by atoms with E-state index >= 15 is 0 Å². The molecule has 1 N–H and O–H groups in total. The summed E-state index contributed by atoms with van der Waals surface area (Å²) in [5, 5.41) is 14.5. The number of amides is 1. The summed E-state index contributed by atoms with van der Waals surface area (Å²) in [7, 11) is 0. The Morgan fingerprint density at radius 2 is 2.00 bits per heavy atom. The van der Waals surface area contributed by atoms with Crippen LogP contribution in [0.1, 0.15) is 37.4 Å². The summed E-state index contributed by atoms with van der Waals surface area (Å²) in [4.78, 5) is 13.6. The van der Waals surface area contributed by atoms with E-state index in [-0.39, 0.29) is 11.9 Å². The van der Waals surface area contributed by atoms with Gasteiger partial charge in [0.1, 0.15) is 0 Å². The molecule has 0 spiro atoms. The highest BCUT2D eigenvalue weighted by Gasteiger charge is 2.17. The van der Waals surface area contributed by atoms with Gasteiger partial charge in [0, 0.05) is 6.54 Å². The highest BCUT2D eigenvalue weighted by molar-refractivity contribution is 7.99. The van der Waals surface area contributed by atoms with Crippen molar-refractivity contribution in [3.8, 4) is 10.7 Å². The zero-order valence-corrected chi connectivity index (χ0v) is 17.4. The van der Waals surface area contributed by atoms with E-state index in [1.165, 1.54) is 17.3 Å². The molecule has 0 saturated heterocycles. The quantitative estimate of drug-likeness (QED) is 0.557. The van der Waals surface area contributed by atoms with E-state index in [0.29, 0.717) is 5.75 Å². The van der Waals surface area contributed by atoms with Crippen molar-refractivity contribution in [3.05, 3.63) is 52.9 Å². The Balaban J connectivity index is 1.63. The molecule has 0 aliphatic heterocycles. The summed E-state index contributed by atoms with van der Waals surface area (Å²) >= 11 is 3.07. The van der Waals surface area contributed by atoms with Gasteiger partial charge in [0.15, 0.2) is 11.0 Å². The van der Waals surface area contributed by atoms with Crippen LogP contribution in [0.2, 0.25) is 0 Å². The van der Waals surface area contributed by atoms with Crippen molar-refractivity contribution >= 4 is 29.0 Å². The summed E-state index contributed by atoms with van der Waals surface area (Å²) in [6.45, 7) is 6.98. The molecule has 1 atom stereocenters. The molecule has 1 amide bonds. The predicted molar refractivity (Wildman–Crippen MR) is 112 cm³/mol. The molecule has 2 aromatic heterocycles. The lowest BCUT2D eigenvalue weighted by Crippen LogP contribution is -2.29. The first-order valence-electron chi connectivity index (χ1n) is 9.08. The second kappa shape index (κ2) is 9.19. The average molecular weight is 401 g/mol. The van der Waals surface area contributed by atoms with Gasteiger partial charge < -0.3 is 9.88 Å². The molecule has 0 aliphatic rings. The first kappa shape index (κ1) is 19.6. The van der Waals surface area contributed by atoms with Crippen LogP contribution in [0.4, 0.5) is 0 Å². The third-order valence-electron chi connectivity index (χ3n) is 4.33. The van der Waals surface area contributed by atoms with Crippen molar-refractivity contribution in [1.29, 1.82) is 0 Å². The van der Waals surface area contributed by atoms with Gasteiger partial charge in [0.2, 0.25) is 5.91 Å². The number of nitrogens with one attached hydrogen (secondary N) is 1. The Kier molecular flexibility index (Phi) is 6.68. The van der Waals surface area contributed by atoms with Gasteiger partial charge in [-0.15, -0.1) is 21.5 Å². The Hall–Kier alpha value is -2.12.